The highest BCUT2D eigenvalue weighted by Crippen LogP contribution is 2.40. The lowest BCUT2D eigenvalue weighted by Crippen LogP contribution is -2.58. The van der Waals surface area contributed by atoms with Gasteiger partial charge in [0.15, 0.2) is 5.82 Å². The Morgan fingerprint density at radius 2 is 1.76 bits per heavy atom. The molecule has 6 aromatic rings. The van der Waals surface area contributed by atoms with E-state index in [1.807, 2.05) is 69.3 Å². The Hall–Kier alpha value is -6.41. The molecule has 3 amide bonds. The van der Waals surface area contributed by atoms with Crippen molar-refractivity contribution >= 4 is 56.6 Å². The summed E-state index contributed by atoms with van der Waals surface area (Å²) in [5.74, 6) is -2.16. The summed E-state index contributed by atoms with van der Waals surface area (Å²) in [5, 5.41) is 39.9. The lowest BCUT2D eigenvalue weighted by molar-refractivity contribution is -0.144. The number of carbonyl (C=O) groups excluding carboxylic acids is 3. The average Bonchev–Trinajstić information content (AvgIpc) is 3.99. The van der Waals surface area contributed by atoms with Crippen LogP contribution in [0.5, 0.6) is 11.8 Å². The van der Waals surface area contributed by atoms with Crippen LogP contribution in [0.25, 0.3) is 43.4 Å². The molecule has 9 rings (SSSR count). The van der Waals surface area contributed by atoms with E-state index < -0.39 is 46.7 Å². The van der Waals surface area contributed by atoms with Crippen molar-refractivity contribution in [1.29, 1.82) is 0 Å². The van der Waals surface area contributed by atoms with E-state index in [0.717, 1.165) is 21.7 Å². The van der Waals surface area contributed by atoms with Gasteiger partial charge in [-0.05, 0) is 104 Å². The first-order valence-corrected chi connectivity index (χ1v) is 26.8. The molecule has 0 radical (unpaired) electrons. The van der Waals surface area contributed by atoms with Crippen molar-refractivity contribution in [3.8, 4) is 33.5 Å². The number of hydrogen-bond acceptors (Lipinski definition) is 14. The van der Waals surface area contributed by atoms with Crippen LogP contribution in [0.1, 0.15) is 103 Å². The molecule has 3 aromatic heterocycles. The second-order valence-electron chi connectivity index (χ2n) is 21.8. The Morgan fingerprint density at radius 3 is 2.44 bits per heavy atom. The molecule has 0 bridgehead atoms. The number of nitrogens with one attached hydrogen (secondary N) is 2. The molecule has 5 atom stereocenters. The summed E-state index contributed by atoms with van der Waals surface area (Å²) in [4.78, 5) is 66.6. The SMILES string of the molecule is CCc1c(F)ccc2cc(O)cc(-c3ncc4c(N5CCC[C@@](C)(O)C5)nc(OC5CCN(CCC(=O)N[C@H](C(=O)N6C[C@H](O)C[C@H]6C(=O)N[C@@H](C)c6ccc(-c7scnc7C)cc6)C(C)(C)C)CC5)nc4c3F)c12. The summed E-state index contributed by atoms with van der Waals surface area (Å²) in [6.45, 7) is 15.2. The molecule has 19 heteroatoms. The monoisotopic (exact) mass is 1050 g/mol. The Kier molecular flexibility index (Phi) is 15.4. The smallest absolute Gasteiger partial charge is 0.319 e. The van der Waals surface area contributed by atoms with E-state index in [1.165, 1.54) is 29.3 Å². The number of amides is 3. The predicted octanol–water partition coefficient (Wildman–Crippen LogP) is 7.78. The minimum Gasteiger partial charge on any atom is -0.508 e. The summed E-state index contributed by atoms with van der Waals surface area (Å²) in [6.07, 6.45) is 3.05. The number of carbonyl (C=O) groups is 3. The molecule has 3 saturated heterocycles. The van der Waals surface area contributed by atoms with Crippen molar-refractivity contribution in [1.82, 2.24) is 40.4 Å². The quantitative estimate of drug-likeness (QED) is 0.0708. The van der Waals surface area contributed by atoms with Gasteiger partial charge in [0.05, 0.1) is 39.2 Å². The number of thiazole rings is 1. The molecule has 6 heterocycles. The molecular formula is C56H67F2N9O7S. The van der Waals surface area contributed by atoms with Crippen LogP contribution < -0.4 is 20.3 Å². The topological polar surface area (TPSA) is 206 Å². The van der Waals surface area contributed by atoms with E-state index >= 15 is 8.78 Å². The first-order valence-electron chi connectivity index (χ1n) is 25.9. The minimum absolute atomic E-state index is 0.0363. The van der Waals surface area contributed by atoms with E-state index in [-0.39, 0.29) is 78.4 Å². The normalized spacial score (nSPS) is 20.6. The van der Waals surface area contributed by atoms with Crippen molar-refractivity contribution in [3.05, 3.63) is 88.7 Å². The zero-order valence-corrected chi connectivity index (χ0v) is 44.4. The van der Waals surface area contributed by atoms with Crippen LogP contribution in [0.3, 0.4) is 0 Å². The summed E-state index contributed by atoms with van der Waals surface area (Å²) in [6, 6.07) is 11.4. The van der Waals surface area contributed by atoms with Crippen LogP contribution in [0, 0.1) is 24.0 Å². The van der Waals surface area contributed by atoms with Crippen LogP contribution in [0.4, 0.5) is 14.6 Å². The number of phenols is 1. The molecular weight excluding hydrogens is 981 g/mol. The summed E-state index contributed by atoms with van der Waals surface area (Å²) >= 11 is 1.57. The number of phenolic OH excluding ortho intramolecular Hbond substituents is 1. The number of anilines is 1. The van der Waals surface area contributed by atoms with Gasteiger partial charge in [-0.1, -0.05) is 58.0 Å². The number of aliphatic hydroxyl groups is 2. The van der Waals surface area contributed by atoms with E-state index in [1.54, 1.807) is 31.3 Å². The molecule has 75 heavy (non-hydrogen) atoms. The van der Waals surface area contributed by atoms with E-state index in [2.05, 4.69) is 30.5 Å². The van der Waals surface area contributed by atoms with E-state index in [0.29, 0.717) is 85.8 Å². The van der Waals surface area contributed by atoms with Crippen LogP contribution in [-0.4, -0.2) is 132 Å². The fourth-order valence-electron chi connectivity index (χ4n) is 10.8. The molecule has 3 aromatic carbocycles. The van der Waals surface area contributed by atoms with Crippen LogP contribution >= 0.6 is 11.3 Å². The Balaban J connectivity index is 0.848. The number of hydrogen-bond donors (Lipinski definition) is 5. The molecule has 0 spiro atoms. The Bertz CT molecular complexity index is 3100. The number of pyridine rings is 1. The highest BCUT2D eigenvalue weighted by atomic mass is 32.1. The molecule has 0 unspecified atom stereocenters. The maximum atomic E-state index is 17.1. The first kappa shape index (κ1) is 53.4. The first-order chi connectivity index (χ1) is 35.7. The minimum atomic E-state index is -1.02. The number of aromatic hydroxyl groups is 1. The number of rotatable bonds is 14. The van der Waals surface area contributed by atoms with Crippen LogP contribution in [-0.2, 0) is 20.8 Å². The standard InChI is InChI=1S/C56H67F2N9O7S/c1-8-39-42(57)15-14-35-24-36(68)25-40(45(35)39)47-46(58)48-41(27-59-47)51(66-20-9-19-56(7,73)29-66)64-54(63-48)74-38-16-21-65(22-17-38)23-18-44(70)62-50(55(4,5)6)53(72)67-28-37(69)26-43(67)52(71)61-31(2)33-10-12-34(13-11-33)49-32(3)60-30-75-49/h10-15,24-25,27,30-31,37-38,43,50,68-69,73H,8-9,16-23,26,28-29H2,1-7H3,(H,61,71)(H,62,70)/t31-,37+,43-,50+,56+/m0/s1. The maximum Gasteiger partial charge on any atom is 0.319 e. The van der Waals surface area contributed by atoms with Crippen molar-refractivity contribution in [2.75, 3.05) is 44.2 Å². The third-order valence-corrected chi connectivity index (χ3v) is 15.9. The second kappa shape index (κ2) is 21.7. The highest BCUT2D eigenvalue weighted by molar-refractivity contribution is 7.13. The third-order valence-electron chi connectivity index (χ3n) is 14.9. The number of aliphatic hydroxyl groups excluding tert-OH is 1. The number of β-amino-alcohol motifs (C(OH)–C–C–N with tert-alkyl or cyclic N) is 2. The molecule has 5 N–H and O–H groups in total. The van der Waals surface area contributed by atoms with Gasteiger partial charge in [0.2, 0.25) is 17.7 Å². The Labute approximate surface area is 439 Å². The van der Waals surface area contributed by atoms with Gasteiger partial charge in [-0.3, -0.25) is 19.4 Å². The number of ether oxygens (including phenoxy) is 1. The van der Waals surface area contributed by atoms with E-state index in [9.17, 15) is 29.7 Å². The third kappa shape index (κ3) is 11.6. The van der Waals surface area contributed by atoms with E-state index in [4.69, 9.17) is 9.72 Å². The number of halogens is 2. The fourth-order valence-corrected chi connectivity index (χ4v) is 11.7. The summed E-state index contributed by atoms with van der Waals surface area (Å²) in [5.41, 5.74) is 3.34. The van der Waals surface area contributed by atoms with Crippen molar-refractivity contribution in [2.45, 2.75) is 129 Å². The average molecular weight is 1050 g/mol. The van der Waals surface area contributed by atoms with Gasteiger partial charge in [0, 0.05) is 63.9 Å². The lowest BCUT2D eigenvalue weighted by Gasteiger charge is -2.38. The second-order valence-corrected chi connectivity index (χ2v) is 22.7. The zero-order valence-electron chi connectivity index (χ0n) is 43.6. The van der Waals surface area contributed by atoms with Gasteiger partial charge >= 0.3 is 6.01 Å². The lowest BCUT2D eigenvalue weighted by atomic mass is 9.85. The van der Waals surface area contributed by atoms with Gasteiger partial charge in [0.25, 0.3) is 0 Å². The molecule has 16 nitrogen and oxygen atoms in total. The number of benzene rings is 3. The fraction of sp³-hybridized carbons (Fsp3) is 0.482. The number of aromatic nitrogens is 4. The predicted molar refractivity (Wildman–Crippen MR) is 284 cm³/mol. The van der Waals surface area contributed by atoms with Gasteiger partial charge in [-0.2, -0.15) is 9.97 Å². The van der Waals surface area contributed by atoms with Gasteiger partial charge in [-0.15, -0.1) is 11.3 Å². The number of nitrogens with zero attached hydrogens (tertiary/aromatic N) is 7. The molecule has 3 aliphatic heterocycles. The summed E-state index contributed by atoms with van der Waals surface area (Å²) in [7, 11) is 0. The van der Waals surface area contributed by atoms with Gasteiger partial charge in [-0.25, -0.2) is 13.8 Å². The van der Waals surface area contributed by atoms with Gasteiger partial charge < -0.3 is 45.4 Å². The number of piperidine rings is 2. The van der Waals surface area contributed by atoms with Gasteiger partial charge in [0.1, 0.15) is 46.8 Å². The molecule has 3 aliphatic rings. The molecule has 0 saturated carbocycles. The van der Waals surface area contributed by atoms with Crippen LogP contribution in [0.2, 0.25) is 0 Å². The highest BCUT2D eigenvalue weighted by Gasteiger charge is 2.45. The molecule has 0 aliphatic carbocycles. The molecule has 398 valence electrons. The number of aryl methyl sites for hydroxylation is 2. The number of fused-ring (bicyclic) bond motifs is 2. The Morgan fingerprint density at radius 1 is 1.01 bits per heavy atom. The van der Waals surface area contributed by atoms with Crippen LogP contribution in [0.15, 0.2) is 60.2 Å². The van der Waals surface area contributed by atoms with Crippen molar-refractivity contribution in [3.63, 3.8) is 0 Å². The summed E-state index contributed by atoms with van der Waals surface area (Å²) < 4.78 is 38.8. The van der Waals surface area contributed by atoms with Crippen molar-refractivity contribution in [2.24, 2.45) is 5.41 Å². The maximum absolute atomic E-state index is 17.1. The largest absolute Gasteiger partial charge is 0.508 e. The zero-order chi connectivity index (χ0) is 53.5. The molecule has 3 fully saturated rings. The number of likely N-dealkylation sites (tertiary alicyclic amines) is 2. The van der Waals surface area contributed by atoms with Crippen molar-refractivity contribution < 1.29 is 43.2 Å².